The van der Waals surface area contributed by atoms with Crippen LogP contribution in [0, 0.1) is 10.1 Å². The minimum absolute atomic E-state index is 0.404. The summed E-state index contributed by atoms with van der Waals surface area (Å²) >= 11 is 0. The standard InChI is InChI=1S/C7H16N4O2/c1-9(2)7(8)5-3-4-6-10(7)11(12)13/h3-6,8H2,1-2H3. The van der Waals surface area contributed by atoms with E-state index in [4.69, 9.17) is 5.73 Å². The second kappa shape index (κ2) is 3.47. The monoisotopic (exact) mass is 188 g/mol. The Balaban J connectivity index is 2.83. The van der Waals surface area contributed by atoms with Crippen LogP contribution < -0.4 is 5.73 Å². The van der Waals surface area contributed by atoms with E-state index in [9.17, 15) is 10.1 Å². The Morgan fingerprint density at radius 2 is 2.15 bits per heavy atom. The number of hydrazine groups is 1. The third-order valence-corrected chi connectivity index (χ3v) is 2.58. The second-order valence-corrected chi connectivity index (χ2v) is 3.59. The highest BCUT2D eigenvalue weighted by molar-refractivity contribution is 4.81. The van der Waals surface area contributed by atoms with Gasteiger partial charge in [-0.25, -0.2) is 10.1 Å². The van der Waals surface area contributed by atoms with E-state index in [0.717, 1.165) is 17.9 Å². The molecule has 0 aromatic carbocycles. The lowest BCUT2D eigenvalue weighted by Gasteiger charge is -2.42. The van der Waals surface area contributed by atoms with E-state index in [1.165, 1.54) is 0 Å². The van der Waals surface area contributed by atoms with Crippen molar-refractivity contribution >= 4 is 0 Å². The molecule has 13 heavy (non-hydrogen) atoms. The molecule has 6 nitrogen and oxygen atoms in total. The first kappa shape index (κ1) is 10.2. The van der Waals surface area contributed by atoms with Gasteiger partial charge in [0.15, 0.2) is 5.03 Å². The molecule has 2 N–H and O–H groups in total. The van der Waals surface area contributed by atoms with E-state index in [0.29, 0.717) is 13.0 Å². The van der Waals surface area contributed by atoms with Gasteiger partial charge in [0.25, 0.3) is 0 Å². The molecule has 1 aliphatic heterocycles. The highest BCUT2D eigenvalue weighted by atomic mass is 16.7. The number of nitrogens with two attached hydrogens (primary N) is 1. The van der Waals surface area contributed by atoms with Crippen molar-refractivity contribution in [3.05, 3.63) is 10.1 Å². The van der Waals surface area contributed by atoms with E-state index in [2.05, 4.69) is 0 Å². The molecule has 0 aliphatic carbocycles. The van der Waals surface area contributed by atoms with Gasteiger partial charge < -0.3 is 0 Å². The zero-order chi connectivity index (χ0) is 10.1. The lowest BCUT2D eigenvalue weighted by molar-refractivity contribution is -0.685. The Morgan fingerprint density at radius 3 is 2.54 bits per heavy atom. The molecular formula is C7H16N4O2. The average molecular weight is 188 g/mol. The highest BCUT2D eigenvalue weighted by Gasteiger charge is 2.43. The van der Waals surface area contributed by atoms with E-state index < -0.39 is 10.8 Å². The molecule has 0 bridgehead atoms. The molecule has 0 radical (unpaired) electrons. The van der Waals surface area contributed by atoms with Crippen LogP contribution in [0.25, 0.3) is 0 Å². The van der Waals surface area contributed by atoms with Crippen molar-refractivity contribution in [3.63, 3.8) is 0 Å². The van der Waals surface area contributed by atoms with Crippen LogP contribution >= 0.6 is 0 Å². The number of nitrogens with zero attached hydrogens (tertiary/aromatic N) is 3. The molecule has 1 fully saturated rings. The Hall–Kier alpha value is -0.880. The number of hydrogen-bond donors (Lipinski definition) is 1. The molecule has 76 valence electrons. The van der Waals surface area contributed by atoms with Crippen molar-refractivity contribution in [3.8, 4) is 0 Å². The normalized spacial score (nSPS) is 29.4. The van der Waals surface area contributed by atoms with Crippen LogP contribution in [0.1, 0.15) is 19.3 Å². The largest absolute Gasteiger partial charge is 0.291 e. The van der Waals surface area contributed by atoms with E-state index in [-0.39, 0.29) is 0 Å². The number of hydrogen-bond acceptors (Lipinski definition) is 4. The molecule has 0 amide bonds. The maximum absolute atomic E-state index is 10.7. The minimum Gasteiger partial charge on any atom is -0.291 e. The number of nitro groups is 1. The van der Waals surface area contributed by atoms with Crippen LogP contribution in [-0.2, 0) is 0 Å². The molecule has 1 unspecified atom stereocenters. The van der Waals surface area contributed by atoms with Gasteiger partial charge in [-0.2, -0.15) is 0 Å². The van der Waals surface area contributed by atoms with Crippen molar-refractivity contribution in [2.75, 3.05) is 20.6 Å². The Kier molecular flexibility index (Phi) is 2.72. The predicted molar refractivity (Wildman–Crippen MR) is 48.2 cm³/mol. The second-order valence-electron chi connectivity index (χ2n) is 3.59. The summed E-state index contributed by atoms with van der Waals surface area (Å²) in [6.45, 7) is 0.432. The SMILES string of the molecule is CN(C)C1(N)CCCCN1[N+](=O)[O-]. The molecule has 1 rings (SSSR count). The van der Waals surface area contributed by atoms with Crippen LogP contribution in [0.2, 0.25) is 0 Å². The van der Waals surface area contributed by atoms with E-state index >= 15 is 0 Å². The van der Waals surface area contributed by atoms with Crippen LogP contribution in [-0.4, -0.2) is 41.4 Å². The van der Waals surface area contributed by atoms with Crippen molar-refractivity contribution in [2.24, 2.45) is 5.73 Å². The van der Waals surface area contributed by atoms with Gasteiger partial charge >= 0.3 is 0 Å². The lowest BCUT2D eigenvalue weighted by Crippen LogP contribution is -2.68. The summed E-state index contributed by atoms with van der Waals surface area (Å²) < 4.78 is 0. The summed E-state index contributed by atoms with van der Waals surface area (Å²) in [5.41, 5.74) is 5.96. The maximum atomic E-state index is 10.7. The Bertz CT molecular complexity index is 209. The quantitative estimate of drug-likeness (QED) is 0.370. The molecule has 0 spiro atoms. The van der Waals surface area contributed by atoms with Gasteiger partial charge in [-0.05, 0) is 26.9 Å². The fourth-order valence-electron chi connectivity index (χ4n) is 1.65. The third-order valence-electron chi connectivity index (χ3n) is 2.58. The van der Waals surface area contributed by atoms with Gasteiger partial charge in [0.1, 0.15) is 0 Å². The van der Waals surface area contributed by atoms with Crippen LogP contribution in [0.5, 0.6) is 0 Å². The summed E-state index contributed by atoms with van der Waals surface area (Å²) in [4.78, 5) is 12.4. The molecular weight excluding hydrogens is 172 g/mol. The summed E-state index contributed by atoms with van der Waals surface area (Å²) in [6.07, 6.45) is 2.42. The van der Waals surface area contributed by atoms with Gasteiger partial charge in [-0.1, -0.05) is 5.01 Å². The van der Waals surface area contributed by atoms with Crippen molar-refractivity contribution < 1.29 is 5.03 Å². The van der Waals surface area contributed by atoms with Gasteiger partial charge in [-0.15, -0.1) is 0 Å². The van der Waals surface area contributed by atoms with Gasteiger partial charge in [-0.3, -0.25) is 10.6 Å². The van der Waals surface area contributed by atoms with Crippen LogP contribution in [0.3, 0.4) is 0 Å². The maximum Gasteiger partial charge on any atom is 0.203 e. The first-order valence-corrected chi connectivity index (χ1v) is 4.37. The molecule has 0 aromatic rings. The van der Waals surface area contributed by atoms with Crippen LogP contribution in [0.15, 0.2) is 0 Å². The van der Waals surface area contributed by atoms with Gasteiger partial charge in [0.2, 0.25) is 5.79 Å². The Labute approximate surface area is 77.4 Å². The fraction of sp³-hybridized carbons (Fsp3) is 1.00. The van der Waals surface area contributed by atoms with Gasteiger partial charge in [0.05, 0.1) is 6.54 Å². The molecule has 0 saturated carbocycles. The number of rotatable bonds is 2. The summed E-state index contributed by atoms with van der Waals surface area (Å²) in [5.74, 6) is -0.915. The highest BCUT2D eigenvalue weighted by Crippen LogP contribution is 2.24. The summed E-state index contributed by atoms with van der Waals surface area (Å²) in [6, 6.07) is 0. The zero-order valence-corrected chi connectivity index (χ0v) is 8.06. The van der Waals surface area contributed by atoms with Gasteiger partial charge in [0, 0.05) is 6.42 Å². The van der Waals surface area contributed by atoms with Crippen molar-refractivity contribution in [2.45, 2.75) is 25.0 Å². The molecule has 1 heterocycles. The smallest absolute Gasteiger partial charge is 0.203 e. The fourth-order valence-corrected chi connectivity index (χ4v) is 1.65. The molecule has 6 heteroatoms. The van der Waals surface area contributed by atoms with E-state index in [1.54, 1.807) is 19.0 Å². The first-order valence-electron chi connectivity index (χ1n) is 4.37. The molecule has 0 aromatic heterocycles. The van der Waals surface area contributed by atoms with Crippen LogP contribution in [0.4, 0.5) is 0 Å². The molecule has 1 atom stereocenters. The predicted octanol–water partition coefficient (Wildman–Crippen LogP) is -0.162. The summed E-state index contributed by atoms with van der Waals surface area (Å²) in [7, 11) is 3.53. The Morgan fingerprint density at radius 1 is 1.54 bits per heavy atom. The molecule has 1 saturated heterocycles. The zero-order valence-electron chi connectivity index (χ0n) is 8.06. The minimum atomic E-state index is -0.915. The third kappa shape index (κ3) is 1.73. The van der Waals surface area contributed by atoms with E-state index in [1.807, 2.05) is 0 Å². The topological polar surface area (TPSA) is 75.6 Å². The number of piperidine rings is 1. The first-order chi connectivity index (χ1) is 5.98. The lowest BCUT2D eigenvalue weighted by atomic mass is 10.0. The van der Waals surface area contributed by atoms with Crippen molar-refractivity contribution in [1.82, 2.24) is 9.91 Å². The average Bonchev–Trinajstić information content (AvgIpc) is 2.04. The molecule has 1 aliphatic rings. The summed E-state index contributed by atoms with van der Waals surface area (Å²) in [5, 5.41) is 11.4. The van der Waals surface area contributed by atoms with Crippen molar-refractivity contribution in [1.29, 1.82) is 0 Å².